The van der Waals surface area contributed by atoms with Gasteiger partial charge < -0.3 is 4.98 Å². The first-order chi connectivity index (χ1) is 10.9. The van der Waals surface area contributed by atoms with Crippen molar-refractivity contribution in [2.24, 2.45) is 0 Å². The molecule has 0 saturated carbocycles. The van der Waals surface area contributed by atoms with E-state index in [1.54, 1.807) is 12.3 Å². The summed E-state index contributed by atoms with van der Waals surface area (Å²) in [7, 11) is -4.02. The second-order valence-corrected chi connectivity index (χ2v) is 7.31. The summed E-state index contributed by atoms with van der Waals surface area (Å²) in [6.45, 7) is 0. The summed E-state index contributed by atoms with van der Waals surface area (Å²) >= 11 is 11.7. The van der Waals surface area contributed by atoms with E-state index in [1.165, 1.54) is 30.3 Å². The molecule has 118 valence electrons. The molecule has 0 spiro atoms. The standard InChI is InChI=1S/C15H10Cl2N2O3S/c16-10-2-4-12(13(17)7-10)15(20)19-23(21,22)11-3-1-9-5-6-18-14(9)8-11/h1-8,18H,(H,19,20). The second-order valence-electron chi connectivity index (χ2n) is 4.79. The summed E-state index contributed by atoms with van der Waals surface area (Å²) in [5.41, 5.74) is 0.686. The van der Waals surface area contributed by atoms with Crippen molar-refractivity contribution in [1.29, 1.82) is 0 Å². The van der Waals surface area contributed by atoms with Crippen molar-refractivity contribution in [3.05, 3.63) is 64.3 Å². The molecule has 0 radical (unpaired) electrons. The number of fused-ring (bicyclic) bond motifs is 1. The molecule has 0 aliphatic heterocycles. The molecule has 8 heteroatoms. The lowest BCUT2D eigenvalue weighted by molar-refractivity contribution is 0.0981. The number of aromatic nitrogens is 1. The summed E-state index contributed by atoms with van der Waals surface area (Å²) in [4.78, 5) is 15.1. The van der Waals surface area contributed by atoms with Crippen LogP contribution in [-0.4, -0.2) is 19.3 Å². The van der Waals surface area contributed by atoms with E-state index < -0.39 is 15.9 Å². The Bertz CT molecular complexity index is 1010. The molecule has 3 rings (SSSR count). The van der Waals surface area contributed by atoms with Crippen molar-refractivity contribution < 1.29 is 13.2 Å². The Hall–Kier alpha value is -2.02. The highest BCUT2D eigenvalue weighted by Crippen LogP contribution is 2.22. The molecule has 5 nitrogen and oxygen atoms in total. The summed E-state index contributed by atoms with van der Waals surface area (Å²) in [6.07, 6.45) is 1.70. The summed E-state index contributed by atoms with van der Waals surface area (Å²) in [5.74, 6) is -0.821. The lowest BCUT2D eigenvalue weighted by Gasteiger charge is -2.08. The van der Waals surface area contributed by atoms with Crippen LogP contribution < -0.4 is 4.72 Å². The number of carbonyl (C=O) groups excluding carboxylic acids is 1. The van der Waals surface area contributed by atoms with Gasteiger partial charge >= 0.3 is 0 Å². The molecule has 23 heavy (non-hydrogen) atoms. The average Bonchev–Trinajstić information content (AvgIpc) is 2.93. The SMILES string of the molecule is O=C(NS(=O)(=O)c1ccc2cc[nH]c2c1)c1ccc(Cl)cc1Cl. The van der Waals surface area contributed by atoms with E-state index in [0.29, 0.717) is 10.5 Å². The maximum atomic E-state index is 12.3. The molecule has 0 saturated heterocycles. The van der Waals surface area contributed by atoms with E-state index in [9.17, 15) is 13.2 Å². The molecule has 2 N–H and O–H groups in total. The predicted molar refractivity (Wildman–Crippen MR) is 89.4 cm³/mol. The molecule has 0 bridgehead atoms. The van der Waals surface area contributed by atoms with E-state index in [2.05, 4.69) is 4.98 Å². The van der Waals surface area contributed by atoms with Crippen LogP contribution in [0.2, 0.25) is 10.0 Å². The number of nitrogens with one attached hydrogen (secondary N) is 2. The van der Waals surface area contributed by atoms with Crippen molar-refractivity contribution in [2.45, 2.75) is 4.90 Å². The van der Waals surface area contributed by atoms with Crippen LogP contribution in [0.4, 0.5) is 0 Å². The van der Waals surface area contributed by atoms with E-state index in [4.69, 9.17) is 23.2 Å². The normalized spacial score (nSPS) is 11.6. The maximum absolute atomic E-state index is 12.3. The third-order valence-electron chi connectivity index (χ3n) is 3.24. The molecule has 1 aromatic heterocycles. The Morgan fingerprint density at radius 2 is 1.83 bits per heavy atom. The highest BCUT2D eigenvalue weighted by molar-refractivity contribution is 7.90. The number of benzene rings is 2. The molecule has 3 aromatic rings. The molecule has 0 unspecified atom stereocenters. The smallest absolute Gasteiger partial charge is 0.266 e. The molecule has 0 aliphatic rings. The van der Waals surface area contributed by atoms with Gasteiger partial charge in [0.25, 0.3) is 15.9 Å². The second kappa shape index (κ2) is 5.88. The number of hydrogen-bond donors (Lipinski definition) is 2. The van der Waals surface area contributed by atoms with Crippen molar-refractivity contribution in [3.8, 4) is 0 Å². The number of hydrogen-bond acceptors (Lipinski definition) is 3. The Morgan fingerprint density at radius 3 is 2.57 bits per heavy atom. The zero-order valence-corrected chi connectivity index (χ0v) is 13.8. The van der Waals surface area contributed by atoms with Crippen molar-refractivity contribution in [3.63, 3.8) is 0 Å². The Labute approximate surface area is 142 Å². The zero-order chi connectivity index (χ0) is 16.6. The quantitative estimate of drug-likeness (QED) is 0.741. The fourth-order valence-corrected chi connectivity index (χ4v) is 3.59. The van der Waals surface area contributed by atoms with Gasteiger partial charge in [-0.2, -0.15) is 0 Å². The van der Waals surface area contributed by atoms with E-state index in [1.807, 2.05) is 10.8 Å². The fourth-order valence-electron chi connectivity index (χ4n) is 2.10. The van der Waals surface area contributed by atoms with Gasteiger partial charge in [0.2, 0.25) is 0 Å². The first-order valence-electron chi connectivity index (χ1n) is 6.46. The largest absolute Gasteiger partial charge is 0.361 e. The minimum absolute atomic E-state index is 0.0223. The molecular weight excluding hydrogens is 359 g/mol. The minimum atomic E-state index is -4.02. The third-order valence-corrected chi connectivity index (χ3v) is 5.12. The van der Waals surface area contributed by atoms with Gasteiger partial charge in [0, 0.05) is 16.7 Å². The van der Waals surface area contributed by atoms with E-state index >= 15 is 0 Å². The van der Waals surface area contributed by atoms with Crippen molar-refractivity contribution in [1.82, 2.24) is 9.71 Å². The van der Waals surface area contributed by atoms with Gasteiger partial charge in [-0.05, 0) is 41.8 Å². The van der Waals surface area contributed by atoms with Crippen LogP contribution in [0.3, 0.4) is 0 Å². The number of sulfonamides is 1. The zero-order valence-electron chi connectivity index (χ0n) is 11.5. The summed E-state index contributed by atoms with van der Waals surface area (Å²) < 4.78 is 26.7. The van der Waals surface area contributed by atoms with Crippen molar-refractivity contribution >= 4 is 50.0 Å². The van der Waals surface area contributed by atoms with Gasteiger partial charge in [0.05, 0.1) is 15.5 Å². The van der Waals surface area contributed by atoms with Gasteiger partial charge in [-0.25, -0.2) is 13.1 Å². The maximum Gasteiger partial charge on any atom is 0.266 e. The molecule has 1 heterocycles. The number of H-pyrrole nitrogens is 1. The molecular formula is C15H10Cl2N2O3S. The number of amides is 1. The summed E-state index contributed by atoms with van der Waals surface area (Å²) in [5, 5.41) is 1.30. The highest BCUT2D eigenvalue weighted by Gasteiger charge is 2.20. The molecule has 1 amide bonds. The first-order valence-corrected chi connectivity index (χ1v) is 8.70. The van der Waals surface area contributed by atoms with Gasteiger partial charge in [-0.3, -0.25) is 4.79 Å². The number of aromatic amines is 1. The number of rotatable bonds is 3. The molecule has 0 aliphatic carbocycles. The van der Waals surface area contributed by atoms with Crippen LogP contribution in [0.25, 0.3) is 10.9 Å². The van der Waals surface area contributed by atoms with Crippen LogP contribution >= 0.6 is 23.2 Å². The molecule has 0 fully saturated rings. The van der Waals surface area contributed by atoms with Crippen molar-refractivity contribution in [2.75, 3.05) is 0 Å². The van der Waals surface area contributed by atoms with E-state index in [0.717, 1.165) is 5.39 Å². The topological polar surface area (TPSA) is 79.0 Å². The lowest BCUT2D eigenvalue weighted by Crippen LogP contribution is -2.30. The van der Waals surface area contributed by atoms with Crippen LogP contribution in [0, 0.1) is 0 Å². The van der Waals surface area contributed by atoms with Gasteiger partial charge in [0.15, 0.2) is 0 Å². The Balaban J connectivity index is 1.92. The molecule has 0 atom stereocenters. The van der Waals surface area contributed by atoms with E-state index in [-0.39, 0.29) is 15.5 Å². The van der Waals surface area contributed by atoms with Crippen LogP contribution in [0.5, 0.6) is 0 Å². The van der Waals surface area contributed by atoms with Crippen LogP contribution in [0.1, 0.15) is 10.4 Å². The fraction of sp³-hybridized carbons (Fsp3) is 0. The first kappa shape index (κ1) is 15.9. The Kier molecular flexibility index (Phi) is 4.06. The third kappa shape index (κ3) is 3.19. The van der Waals surface area contributed by atoms with Gasteiger partial charge in [0.1, 0.15) is 0 Å². The van der Waals surface area contributed by atoms with Crippen LogP contribution in [-0.2, 0) is 10.0 Å². The predicted octanol–water partition coefficient (Wildman–Crippen LogP) is 3.59. The summed E-state index contributed by atoms with van der Waals surface area (Å²) in [6, 6.07) is 10.5. The minimum Gasteiger partial charge on any atom is -0.361 e. The number of halogens is 2. The average molecular weight is 369 g/mol. The van der Waals surface area contributed by atoms with Gasteiger partial charge in [-0.15, -0.1) is 0 Å². The monoisotopic (exact) mass is 368 g/mol. The van der Waals surface area contributed by atoms with Crippen LogP contribution in [0.15, 0.2) is 53.6 Å². The number of carbonyl (C=O) groups is 1. The Morgan fingerprint density at radius 1 is 1.04 bits per heavy atom. The lowest BCUT2D eigenvalue weighted by atomic mass is 10.2. The molecule has 2 aromatic carbocycles. The highest BCUT2D eigenvalue weighted by atomic mass is 35.5. The van der Waals surface area contributed by atoms with Gasteiger partial charge in [-0.1, -0.05) is 29.3 Å².